The molecule has 0 atom stereocenters. The smallest absolute Gasteiger partial charge is 0.119 e. The molecule has 0 fully saturated rings. The van der Waals surface area contributed by atoms with E-state index in [1.165, 1.54) is 116 Å². The highest BCUT2D eigenvalue weighted by Crippen LogP contribution is 2.39. The Balaban J connectivity index is 1.07. The zero-order valence-corrected chi connectivity index (χ0v) is 44.0. The molecule has 7 heterocycles. The van der Waals surface area contributed by atoms with E-state index in [2.05, 4.69) is 143 Å². The van der Waals surface area contributed by atoms with E-state index in [1.807, 2.05) is 36.9 Å². The number of nitrogens with one attached hydrogen (secondary N) is 2. The third-order valence-corrected chi connectivity index (χ3v) is 14.5. The van der Waals surface area contributed by atoms with Gasteiger partial charge in [-0.15, -0.1) is 0 Å². The second kappa shape index (κ2) is 27.3. The van der Waals surface area contributed by atoms with Gasteiger partial charge in [-0.1, -0.05) is 166 Å². The first-order valence-corrected chi connectivity index (χ1v) is 28.1. The molecule has 0 spiro atoms. The Morgan fingerprint density at radius 3 is 0.959 bits per heavy atom. The van der Waals surface area contributed by atoms with E-state index in [0.717, 1.165) is 127 Å². The topological polar surface area (TPSA) is 102 Å². The Morgan fingerprint density at radius 2 is 0.649 bits per heavy atom. The van der Waals surface area contributed by atoms with Gasteiger partial charge in [-0.2, -0.15) is 0 Å². The normalized spacial score (nSPS) is 11.9. The Kier molecular flexibility index (Phi) is 19.1. The van der Waals surface area contributed by atoms with Gasteiger partial charge in [0.25, 0.3) is 0 Å². The van der Waals surface area contributed by atoms with Crippen molar-refractivity contribution in [3.63, 3.8) is 0 Å². The van der Waals surface area contributed by atoms with E-state index < -0.39 is 0 Å². The number of ether oxygens (including phenoxy) is 2. The lowest BCUT2D eigenvalue weighted by Crippen LogP contribution is -1.97. The minimum Gasteiger partial charge on any atom is -0.494 e. The molecule has 0 saturated carbocycles. The first-order chi connectivity index (χ1) is 36.7. The zero-order valence-electron chi connectivity index (χ0n) is 44.0. The molecular formula is C66H76N6O2. The van der Waals surface area contributed by atoms with Crippen LogP contribution in [0.5, 0.6) is 11.5 Å². The molecular weight excluding hydrogens is 909 g/mol. The van der Waals surface area contributed by atoms with Crippen molar-refractivity contribution >= 4 is 46.4 Å². The second-order valence-electron chi connectivity index (χ2n) is 20.1. The molecule has 0 unspecified atom stereocenters. The van der Waals surface area contributed by atoms with Crippen LogP contribution in [0.4, 0.5) is 0 Å². The average molecular weight is 985 g/mol. The number of fused-ring (bicyclic) bond motifs is 8. The van der Waals surface area contributed by atoms with E-state index in [1.54, 1.807) is 0 Å². The molecule has 8 bridgehead atoms. The van der Waals surface area contributed by atoms with Gasteiger partial charge in [-0.25, -0.2) is 9.97 Å². The summed E-state index contributed by atoms with van der Waals surface area (Å²) in [5, 5.41) is 0. The number of pyridine rings is 2. The van der Waals surface area contributed by atoms with Gasteiger partial charge < -0.3 is 19.4 Å². The summed E-state index contributed by atoms with van der Waals surface area (Å²) in [4.78, 5) is 27.8. The molecule has 8 nitrogen and oxygen atoms in total. The standard InChI is InChI=1S/C66H76N6O2/c1-3-5-7-9-11-13-15-17-19-21-45-73-53-31-27-49(28-32-53)63-55-35-36-56(69-55)64(50-29-33-54(34-30-50)74-46-22-20-18-16-14-12-10-8-6-4-2)58-38-40-60(71-58)66(52-26-24-44-68-48-52)62-42-41-61(72-62)65(51-25-23-43-67-47-51)59-39-37-57(63)70-59/h23-44,47-48,70-71H,3-22,45-46H2,1-2H3. The van der Waals surface area contributed by atoms with Crippen LogP contribution in [-0.4, -0.2) is 43.1 Å². The minimum atomic E-state index is 0.720. The predicted octanol–water partition coefficient (Wildman–Crippen LogP) is 18.7. The van der Waals surface area contributed by atoms with E-state index in [-0.39, 0.29) is 0 Å². The minimum absolute atomic E-state index is 0.720. The summed E-state index contributed by atoms with van der Waals surface area (Å²) in [6, 6.07) is 33.8. The van der Waals surface area contributed by atoms with Crippen LogP contribution >= 0.6 is 0 Å². The van der Waals surface area contributed by atoms with Gasteiger partial charge in [-0.05, 0) is 109 Å². The number of nitrogens with zero attached hydrogens (tertiary/aromatic N) is 4. The molecule has 2 N–H and O–H groups in total. The van der Waals surface area contributed by atoms with Crippen molar-refractivity contribution in [1.82, 2.24) is 29.9 Å². The zero-order chi connectivity index (χ0) is 50.6. The summed E-state index contributed by atoms with van der Waals surface area (Å²) in [7, 11) is 0. The average Bonchev–Trinajstić information content (AvgIpc) is 4.30. The third kappa shape index (κ3) is 13.8. The Hall–Kier alpha value is -7.06. The predicted molar refractivity (Wildman–Crippen MR) is 311 cm³/mol. The monoisotopic (exact) mass is 985 g/mol. The maximum Gasteiger partial charge on any atom is 0.119 e. The molecule has 2 aliphatic rings. The summed E-state index contributed by atoms with van der Waals surface area (Å²) in [5.41, 5.74) is 15.0. The molecule has 7 aromatic rings. The molecule has 8 heteroatoms. The van der Waals surface area contributed by atoms with Crippen LogP contribution in [0.25, 0.3) is 90.9 Å². The van der Waals surface area contributed by atoms with E-state index in [0.29, 0.717) is 0 Å². The van der Waals surface area contributed by atoms with Crippen LogP contribution in [0.1, 0.15) is 165 Å². The number of aromatic nitrogens is 6. The maximum absolute atomic E-state index is 6.32. The van der Waals surface area contributed by atoms with Crippen molar-refractivity contribution in [2.24, 2.45) is 0 Å². The van der Waals surface area contributed by atoms with Gasteiger partial charge in [-0.3, -0.25) is 9.97 Å². The lowest BCUT2D eigenvalue weighted by molar-refractivity contribution is 0.304. The van der Waals surface area contributed by atoms with Crippen molar-refractivity contribution in [1.29, 1.82) is 0 Å². The van der Waals surface area contributed by atoms with Crippen LogP contribution in [0.2, 0.25) is 0 Å². The van der Waals surface area contributed by atoms with Gasteiger partial charge in [0, 0.05) is 80.2 Å². The lowest BCUT2D eigenvalue weighted by atomic mass is 10.0. The number of unbranched alkanes of at least 4 members (excludes halogenated alkanes) is 18. The summed E-state index contributed by atoms with van der Waals surface area (Å²) < 4.78 is 12.6. The summed E-state index contributed by atoms with van der Waals surface area (Å²) in [6.45, 7) is 6.00. The number of benzene rings is 2. The van der Waals surface area contributed by atoms with E-state index in [9.17, 15) is 0 Å². The van der Waals surface area contributed by atoms with Crippen LogP contribution in [0, 0.1) is 0 Å². The summed E-state index contributed by atoms with van der Waals surface area (Å²) >= 11 is 0. The van der Waals surface area contributed by atoms with E-state index in [4.69, 9.17) is 19.4 Å². The van der Waals surface area contributed by atoms with Gasteiger partial charge in [0.15, 0.2) is 0 Å². The van der Waals surface area contributed by atoms with Crippen LogP contribution in [-0.2, 0) is 0 Å². The number of hydrogen-bond acceptors (Lipinski definition) is 6. The molecule has 0 saturated heterocycles. The van der Waals surface area contributed by atoms with Gasteiger partial charge in [0.1, 0.15) is 11.5 Å². The molecule has 5 aromatic heterocycles. The van der Waals surface area contributed by atoms with Crippen LogP contribution < -0.4 is 9.47 Å². The second-order valence-corrected chi connectivity index (χ2v) is 20.1. The molecule has 382 valence electrons. The largest absolute Gasteiger partial charge is 0.494 e. The molecule has 74 heavy (non-hydrogen) atoms. The van der Waals surface area contributed by atoms with Crippen LogP contribution in [0.3, 0.4) is 0 Å². The van der Waals surface area contributed by atoms with Gasteiger partial charge in [0.05, 0.1) is 36.0 Å². The number of hydrogen-bond donors (Lipinski definition) is 2. The Bertz CT molecular complexity index is 2880. The van der Waals surface area contributed by atoms with E-state index >= 15 is 0 Å². The van der Waals surface area contributed by atoms with Crippen molar-refractivity contribution in [2.75, 3.05) is 13.2 Å². The molecule has 0 radical (unpaired) electrons. The highest BCUT2D eigenvalue weighted by atomic mass is 16.5. The highest BCUT2D eigenvalue weighted by Gasteiger charge is 2.19. The fourth-order valence-electron chi connectivity index (χ4n) is 10.4. The van der Waals surface area contributed by atoms with Crippen molar-refractivity contribution in [3.05, 3.63) is 145 Å². The first kappa shape index (κ1) is 51.8. The van der Waals surface area contributed by atoms with Crippen molar-refractivity contribution in [2.45, 2.75) is 142 Å². The molecule has 0 aliphatic carbocycles. The van der Waals surface area contributed by atoms with Crippen molar-refractivity contribution in [3.8, 4) is 56.0 Å². The first-order valence-electron chi connectivity index (χ1n) is 28.1. The summed E-state index contributed by atoms with van der Waals surface area (Å²) in [6.07, 6.45) is 42.0. The number of aromatic amines is 2. The van der Waals surface area contributed by atoms with Gasteiger partial charge in [0.2, 0.25) is 0 Å². The third-order valence-electron chi connectivity index (χ3n) is 14.5. The quantitative estimate of drug-likeness (QED) is 0.0474. The fourth-order valence-corrected chi connectivity index (χ4v) is 10.4. The number of rotatable bonds is 28. The van der Waals surface area contributed by atoms with Gasteiger partial charge >= 0.3 is 0 Å². The number of H-pyrrole nitrogens is 2. The fraction of sp³-hybridized carbons (Fsp3) is 0.364. The highest BCUT2D eigenvalue weighted by molar-refractivity contribution is 5.99. The van der Waals surface area contributed by atoms with Crippen molar-refractivity contribution < 1.29 is 9.47 Å². The maximum atomic E-state index is 6.32. The molecule has 0 amide bonds. The molecule has 2 aliphatic heterocycles. The molecule has 2 aromatic carbocycles. The SMILES string of the molecule is CCCCCCCCCCCCOc1ccc(-c2c3nc(c(-c4ccc(OCCCCCCCCCCCC)cc4)c4ccc([nH]4)c(-c4cccnc4)c4nc(c(-c5cccnc5)c5ccc2[nH]5)C=C4)C=C3)cc1. The Morgan fingerprint density at radius 1 is 0.338 bits per heavy atom. The molecule has 9 rings (SSSR count). The summed E-state index contributed by atoms with van der Waals surface area (Å²) in [5.74, 6) is 1.76. The Labute approximate surface area is 439 Å². The van der Waals surface area contributed by atoms with Crippen LogP contribution in [0.15, 0.2) is 122 Å². The lowest BCUT2D eigenvalue weighted by Gasteiger charge is -2.09.